The number of carbonyl (C=O) groups is 1. The van der Waals surface area contributed by atoms with E-state index in [9.17, 15) is 9.59 Å². The standard InChI is InChI=1S/C22H28N2O3/c1-14(2)17-7-9-18(10-8-17)23-19-6-5-11-24(13-19)22(26)21-15(3)12-20(25)27-16(21)4/h7-10,12,14,19,23H,5-6,11,13H2,1-4H3/t19-/m0/s1. The molecule has 1 amide bonds. The number of likely N-dealkylation sites (tertiary alicyclic amines) is 1. The van der Waals surface area contributed by atoms with E-state index in [1.165, 1.54) is 11.6 Å². The van der Waals surface area contributed by atoms with Gasteiger partial charge < -0.3 is 14.6 Å². The molecule has 0 spiro atoms. The van der Waals surface area contributed by atoms with Gasteiger partial charge in [0.2, 0.25) is 0 Å². The Kier molecular flexibility index (Phi) is 5.68. The third kappa shape index (κ3) is 4.41. The van der Waals surface area contributed by atoms with Crippen LogP contribution in [0.15, 0.2) is 39.5 Å². The first-order valence-electron chi connectivity index (χ1n) is 9.62. The van der Waals surface area contributed by atoms with Crippen LogP contribution in [0.5, 0.6) is 0 Å². The summed E-state index contributed by atoms with van der Waals surface area (Å²) in [4.78, 5) is 26.3. The van der Waals surface area contributed by atoms with Gasteiger partial charge >= 0.3 is 5.63 Å². The van der Waals surface area contributed by atoms with Crippen molar-refractivity contribution >= 4 is 11.6 Å². The first-order valence-corrected chi connectivity index (χ1v) is 9.62. The summed E-state index contributed by atoms with van der Waals surface area (Å²) in [5, 5.41) is 3.55. The van der Waals surface area contributed by atoms with Crippen LogP contribution in [-0.4, -0.2) is 29.9 Å². The zero-order valence-electron chi connectivity index (χ0n) is 16.5. The van der Waals surface area contributed by atoms with Gasteiger partial charge in [-0.3, -0.25) is 4.79 Å². The topological polar surface area (TPSA) is 62.6 Å². The van der Waals surface area contributed by atoms with Gasteiger partial charge in [-0.2, -0.15) is 0 Å². The lowest BCUT2D eigenvalue weighted by Gasteiger charge is -2.34. The third-order valence-electron chi connectivity index (χ3n) is 5.21. The molecule has 1 aromatic heterocycles. The van der Waals surface area contributed by atoms with Crippen molar-refractivity contribution in [3.8, 4) is 0 Å². The molecule has 1 N–H and O–H groups in total. The normalized spacial score (nSPS) is 17.2. The number of hydrogen-bond acceptors (Lipinski definition) is 4. The van der Waals surface area contributed by atoms with Gasteiger partial charge in [0.1, 0.15) is 5.76 Å². The van der Waals surface area contributed by atoms with Gasteiger partial charge in [-0.1, -0.05) is 26.0 Å². The smallest absolute Gasteiger partial charge is 0.336 e. The Labute approximate surface area is 160 Å². The predicted octanol–water partition coefficient (Wildman–Crippen LogP) is 4.10. The number of hydrogen-bond donors (Lipinski definition) is 1. The summed E-state index contributed by atoms with van der Waals surface area (Å²) in [5.41, 5.74) is 3.17. The van der Waals surface area contributed by atoms with Crippen molar-refractivity contribution in [2.75, 3.05) is 18.4 Å². The van der Waals surface area contributed by atoms with Gasteiger partial charge in [0.15, 0.2) is 0 Å². The molecule has 0 aliphatic carbocycles. The van der Waals surface area contributed by atoms with Crippen molar-refractivity contribution in [3.63, 3.8) is 0 Å². The highest BCUT2D eigenvalue weighted by Gasteiger charge is 2.27. The summed E-state index contributed by atoms with van der Waals surface area (Å²) in [6.45, 7) is 9.19. The number of carbonyl (C=O) groups excluding carboxylic acids is 1. The molecule has 144 valence electrons. The number of aryl methyl sites for hydroxylation is 2. The SMILES string of the molecule is Cc1cc(=O)oc(C)c1C(=O)N1CCC[C@H](Nc2ccc(C(C)C)cc2)C1. The Morgan fingerprint density at radius 3 is 2.56 bits per heavy atom. The molecule has 3 rings (SSSR count). The molecule has 27 heavy (non-hydrogen) atoms. The van der Waals surface area contributed by atoms with Crippen LogP contribution in [-0.2, 0) is 0 Å². The van der Waals surface area contributed by atoms with E-state index < -0.39 is 5.63 Å². The van der Waals surface area contributed by atoms with Gasteiger partial charge in [0, 0.05) is 30.9 Å². The molecule has 5 heteroatoms. The van der Waals surface area contributed by atoms with Crippen molar-refractivity contribution in [1.29, 1.82) is 0 Å². The maximum Gasteiger partial charge on any atom is 0.336 e. The molecule has 5 nitrogen and oxygen atoms in total. The fourth-order valence-corrected chi connectivity index (χ4v) is 3.71. The second kappa shape index (κ2) is 7.99. The van der Waals surface area contributed by atoms with E-state index >= 15 is 0 Å². The Morgan fingerprint density at radius 2 is 1.93 bits per heavy atom. The van der Waals surface area contributed by atoms with Gasteiger partial charge in [-0.05, 0) is 55.9 Å². The van der Waals surface area contributed by atoms with Crippen molar-refractivity contribution in [3.05, 3.63) is 63.2 Å². The van der Waals surface area contributed by atoms with Gasteiger partial charge in [0.05, 0.1) is 5.56 Å². The fourth-order valence-electron chi connectivity index (χ4n) is 3.71. The van der Waals surface area contributed by atoms with Crippen LogP contribution >= 0.6 is 0 Å². The maximum atomic E-state index is 13.0. The summed E-state index contributed by atoms with van der Waals surface area (Å²) >= 11 is 0. The summed E-state index contributed by atoms with van der Waals surface area (Å²) in [6, 6.07) is 10.1. The summed E-state index contributed by atoms with van der Waals surface area (Å²) < 4.78 is 5.14. The Bertz CT molecular complexity index is 842. The van der Waals surface area contributed by atoms with E-state index in [-0.39, 0.29) is 11.9 Å². The van der Waals surface area contributed by atoms with Crippen molar-refractivity contribution in [2.24, 2.45) is 0 Å². The largest absolute Gasteiger partial charge is 0.427 e. The van der Waals surface area contributed by atoms with Crippen LogP contribution in [0.3, 0.4) is 0 Å². The Hall–Kier alpha value is -2.56. The van der Waals surface area contributed by atoms with E-state index in [4.69, 9.17) is 4.42 Å². The second-order valence-electron chi connectivity index (χ2n) is 7.69. The minimum Gasteiger partial charge on any atom is -0.427 e. The van der Waals surface area contributed by atoms with E-state index in [0.717, 1.165) is 25.1 Å². The van der Waals surface area contributed by atoms with Gasteiger partial charge in [0.25, 0.3) is 5.91 Å². The molecule has 0 radical (unpaired) electrons. The third-order valence-corrected chi connectivity index (χ3v) is 5.21. The average molecular weight is 368 g/mol. The van der Waals surface area contributed by atoms with Crippen LogP contribution < -0.4 is 10.9 Å². The highest BCUT2D eigenvalue weighted by molar-refractivity contribution is 5.96. The molecule has 0 unspecified atom stereocenters. The minimum absolute atomic E-state index is 0.0598. The molecule has 1 atom stereocenters. The molecule has 1 aliphatic heterocycles. The minimum atomic E-state index is -0.412. The summed E-state index contributed by atoms with van der Waals surface area (Å²) in [6.07, 6.45) is 1.97. The highest BCUT2D eigenvalue weighted by atomic mass is 16.4. The second-order valence-corrected chi connectivity index (χ2v) is 7.69. The molecule has 1 aromatic carbocycles. The van der Waals surface area contributed by atoms with Crippen molar-refractivity contribution in [2.45, 2.75) is 52.5 Å². The lowest BCUT2D eigenvalue weighted by Crippen LogP contribution is -2.45. The molecule has 1 aliphatic rings. The zero-order chi connectivity index (χ0) is 19.6. The summed E-state index contributed by atoms with van der Waals surface area (Å²) in [5.74, 6) is 0.846. The number of rotatable bonds is 4. The van der Waals surface area contributed by atoms with E-state index in [1.54, 1.807) is 13.8 Å². The van der Waals surface area contributed by atoms with Gasteiger partial charge in [-0.15, -0.1) is 0 Å². The number of anilines is 1. The first-order chi connectivity index (χ1) is 12.8. The monoisotopic (exact) mass is 368 g/mol. The van der Waals surface area contributed by atoms with Gasteiger partial charge in [-0.25, -0.2) is 4.79 Å². The summed E-state index contributed by atoms with van der Waals surface area (Å²) in [7, 11) is 0. The molecular weight excluding hydrogens is 340 g/mol. The molecule has 2 heterocycles. The zero-order valence-corrected chi connectivity index (χ0v) is 16.5. The number of piperidine rings is 1. The van der Waals surface area contributed by atoms with Crippen molar-refractivity contribution in [1.82, 2.24) is 4.90 Å². The van der Waals surface area contributed by atoms with E-state index in [0.29, 0.717) is 29.3 Å². The fraction of sp³-hybridized carbons (Fsp3) is 0.455. The number of amides is 1. The predicted molar refractivity (Wildman–Crippen MR) is 108 cm³/mol. The molecule has 2 aromatic rings. The molecule has 0 bridgehead atoms. The van der Waals surface area contributed by atoms with Crippen molar-refractivity contribution < 1.29 is 9.21 Å². The Morgan fingerprint density at radius 1 is 1.22 bits per heavy atom. The lowest BCUT2D eigenvalue weighted by atomic mass is 10.0. The quantitative estimate of drug-likeness (QED) is 0.883. The number of nitrogens with zero attached hydrogens (tertiary/aromatic N) is 1. The Balaban J connectivity index is 1.70. The van der Waals surface area contributed by atoms with E-state index in [1.807, 2.05) is 4.90 Å². The van der Waals surface area contributed by atoms with Crippen LogP contribution in [0.1, 0.15) is 59.9 Å². The highest BCUT2D eigenvalue weighted by Crippen LogP contribution is 2.22. The van der Waals surface area contributed by atoms with Crippen LogP contribution in [0.4, 0.5) is 5.69 Å². The molecular formula is C22H28N2O3. The molecule has 0 saturated carbocycles. The van der Waals surface area contributed by atoms with E-state index in [2.05, 4.69) is 43.4 Å². The number of benzene rings is 1. The average Bonchev–Trinajstić information content (AvgIpc) is 2.61. The molecule has 1 fully saturated rings. The van der Waals surface area contributed by atoms with Crippen LogP contribution in [0, 0.1) is 13.8 Å². The molecule has 1 saturated heterocycles. The number of nitrogens with one attached hydrogen (secondary N) is 1. The maximum absolute atomic E-state index is 13.0. The van der Waals surface area contributed by atoms with Crippen LogP contribution in [0.25, 0.3) is 0 Å². The van der Waals surface area contributed by atoms with Crippen LogP contribution in [0.2, 0.25) is 0 Å². The lowest BCUT2D eigenvalue weighted by molar-refractivity contribution is 0.0710. The first kappa shape index (κ1) is 19.2.